The van der Waals surface area contributed by atoms with Gasteiger partial charge in [-0.1, -0.05) is 42.1 Å². The fourth-order valence-electron chi connectivity index (χ4n) is 3.36. The monoisotopic (exact) mass is 398 g/mol. The van der Waals surface area contributed by atoms with E-state index < -0.39 is 0 Å². The van der Waals surface area contributed by atoms with Gasteiger partial charge >= 0.3 is 0 Å². The van der Waals surface area contributed by atoms with E-state index >= 15 is 0 Å². The van der Waals surface area contributed by atoms with Crippen molar-refractivity contribution in [3.63, 3.8) is 0 Å². The summed E-state index contributed by atoms with van der Waals surface area (Å²) in [7, 11) is 0. The Morgan fingerprint density at radius 3 is 2.81 bits per heavy atom. The van der Waals surface area contributed by atoms with Gasteiger partial charge in [-0.2, -0.15) is 0 Å². The van der Waals surface area contributed by atoms with Gasteiger partial charge in [0.1, 0.15) is 16.2 Å². The molecule has 4 rings (SSSR count). The molecule has 0 unspecified atom stereocenters. The number of thioether (sulfide) groups is 1. The van der Waals surface area contributed by atoms with Crippen LogP contribution in [0.2, 0.25) is 0 Å². The molecule has 1 saturated heterocycles. The SMILES string of the molecule is O=C(CSc1ncnc2sccc12)NC1CCN(Cc2ccccc2)CC1. The topological polar surface area (TPSA) is 58.1 Å². The Morgan fingerprint density at radius 2 is 2.00 bits per heavy atom. The molecule has 5 nitrogen and oxygen atoms in total. The van der Waals surface area contributed by atoms with Gasteiger partial charge in [-0.3, -0.25) is 9.69 Å². The van der Waals surface area contributed by atoms with Crippen LogP contribution in [0.5, 0.6) is 0 Å². The molecule has 1 amide bonds. The normalized spacial score (nSPS) is 15.9. The number of nitrogens with one attached hydrogen (secondary N) is 1. The zero-order chi connectivity index (χ0) is 18.5. The van der Waals surface area contributed by atoms with Gasteiger partial charge in [0, 0.05) is 31.1 Å². The van der Waals surface area contributed by atoms with Gasteiger partial charge in [0.2, 0.25) is 5.91 Å². The fraction of sp³-hybridized carbons (Fsp3) is 0.350. The second kappa shape index (κ2) is 8.82. The fourth-order valence-corrected chi connectivity index (χ4v) is 4.95. The van der Waals surface area contributed by atoms with Crippen LogP contribution in [0.3, 0.4) is 0 Å². The molecule has 3 aromatic rings. The van der Waals surface area contributed by atoms with Gasteiger partial charge < -0.3 is 5.32 Å². The maximum Gasteiger partial charge on any atom is 0.230 e. The minimum Gasteiger partial charge on any atom is -0.353 e. The van der Waals surface area contributed by atoms with Crippen molar-refractivity contribution >= 4 is 39.2 Å². The van der Waals surface area contributed by atoms with E-state index in [9.17, 15) is 4.79 Å². The molecule has 0 radical (unpaired) electrons. The standard InChI is InChI=1S/C20H22N4OS2/c25-18(13-27-20-17-8-11-26-19(17)21-14-22-20)23-16-6-9-24(10-7-16)12-15-4-2-1-3-5-15/h1-5,8,11,14,16H,6-7,9-10,12-13H2,(H,23,25). The summed E-state index contributed by atoms with van der Waals surface area (Å²) in [6.45, 7) is 3.03. The highest BCUT2D eigenvalue weighted by Gasteiger charge is 2.21. The number of nitrogens with zero attached hydrogens (tertiary/aromatic N) is 3. The summed E-state index contributed by atoms with van der Waals surface area (Å²) in [4.78, 5) is 24.3. The van der Waals surface area contributed by atoms with Crippen molar-refractivity contribution in [1.29, 1.82) is 0 Å². The van der Waals surface area contributed by atoms with Crippen molar-refractivity contribution in [3.8, 4) is 0 Å². The lowest BCUT2D eigenvalue weighted by Crippen LogP contribution is -2.44. The molecule has 27 heavy (non-hydrogen) atoms. The Labute approximate surface area is 167 Å². The largest absolute Gasteiger partial charge is 0.353 e. The van der Waals surface area contributed by atoms with Crippen LogP contribution in [-0.4, -0.2) is 45.7 Å². The number of carbonyl (C=O) groups is 1. The summed E-state index contributed by atoms with van der Waals surface area (Å²) in [5.74, 6) is 0.482. The molecule has 1 N–H and O–H groups in total. The number of likely N-dealkylation sites (tertiary alicyclic amines) is 1. The maximum atomic E-state index is 12.3. The summed E-state index contributed by atoms with van der Waals surface area (Å²) < 4.78 is 0. The Morgan fingerprint density at radius 1 is 1.19 bits per heavy atom. The lowest BCUT2D eigenvalue weighted by atomic mass is 10.0. The number of rotatable bonds is 6. The number of carbonyl (C=O) groups excluding carboxylic acids is 1. The smallest absolute Gasteiger partial charge is 0.230 e. The van der Waals surface area contributed by atoms with Crippen LogP contribution < -0.4 is 5.32 Å². The average Bonchev–Trinajstić information content (AvgIpc) is 3.18. The molecule has 2 aromatic heterocycles. The van der Waals surface area contributed by atoms with E-state index in [2.05, 4.69) is 44.5 Å². The molecule has 3 heterocycles. The third kappa shape index (κ3) is 4.86. The van der Waals surface area contributed by atoms with E-state index in [0.717, 1.165) is 47.7 Å². The Bertz CT molecular complexity index is 891. The van der Waals surface area contributed by atoms with E-state index in [1.807, 2.05) is 17.5 Å². The van der Waals surface area contributed by atoms with Crippen molar-refractivity contribution in [2.45, 2.75) is 30.5 Å². The minimum absolute atomic E-state index is 0.0866. The van der Waals surface area contributed by atoms with E-state index in [1.54, 1.807) is 17.7 Å². The molecule has 140 valence electrons. The molecule has 1 fully saturated rings. The number of hydrogen-bond donors (Lipinski definition) is 1. The molecule has 0 spiro atoms. The molecular weight excluding hydrogens is 376 g/mol. The van der Waals surface area contributed by atoms with Gasteiger partial charge in [0.25, 0.3) is 0 Å². The highest BCUT2D eigenvalue weighted by Crippen LogP contribution is 2.27. The highest BCUT2D eigenvalue weighted by atomic mass is 32.2. The summed E-state index contributed by atoms with van der Waals surface area (Å²) in [6.07, 6.45) is 3.58. The quantitative estimate of drug-likeness (QED) is 0.508. The minimum atomic E-state index is 0.0866. The van der Waals surface area contributed by atoms with Crippen LogP contribution >= 0.6 is 23.1 Å². The van der Waals surface area contributed by atoms with Crippen LogP contribution in [0.25, 0.3) is 10.2 Å². The molecule has 0 aliphatic carbocycles. The first-order valence-corrected chi connectivity index (χ1v) is 11.0. The van der Waals surface area contributed by atoms with Crippen LogP contribution in [0, 0.1) is 0 Å². The molecule has 1 aromatic carbocycles. The van der Waals surface area contributed by atoms with Crippen LogP contribution in [0.1, 0.15) is 18.4 Å². The first-order valence-electron chi connectivity index (χ1n) is 9.14. The second-order valence-electron chi connectivity index (χ2n) is 6.71. The number of amides is 1. The highest BCUT2D eigenvalue weighted by molar-refractivity contribution is 8.00. The number of aromatic nitrogens is 2. The average molecular weight is 399 g/mol. The van der Waals surface area contributed by atoms with E-state index in [1.165, 1.54) is 17.3 Å². The summed E-state index contributed by atoms with van der Waals surface area (Å²) in [6, 6.07) is 12.8. The lowest BCUT2D eigenvalue weighted by Gasteiger charge is -2.32. The molecule has 0 saturated carbocycles. The summed E-state index contributed by atoms with van der Waals surface area (Å²) >= 11 is 3.08. The van der Waals surface area contributed by atoms with Crippen LogP contribution in [0.15, 0.2) is 53.1 Å². The predicted octanol–water partition coefficient (Wildman–Crippen LogP) is 3.56. The zero-order valence-electron chi connectivity index (χ0n) is 15.0. The second-order valence-corrected chi connectivity index (χ2v) is 8.57. The van der Waals surface area contributed by atoms with E-state index in [-0.39, 0.29) is 11.9 Å². The third-order valence-corrected chi connectivity index (χ3v) is 6.59. The van der Waals surface area contributed by atoms with Crippen molar-refractivity contribution in [3.05, 3.63) is 53.7 Å². The summed E-state index contributed by atoms with van der Waals surface area (Å²) in [5.41, 5.74) is 1.35. The maximum absolute atomic E-state index is 12.3. The van der Waals surface area contributed by atoms with E-state index in [4.69, 9.17) is 0 Å². The molecule has 0 atom stereocenters. The van der Waals surface area contributed by atoms with Crippen molar-refractivity contribution in [2.24, 2.45) is 0 Å². The Hall–Kier alpha value is -1.96. The Balaban J connectivity index is 1.22. The van der Waals surface area contributed by atoms with Gasteiger partial charge in [-0.05, 0) is 29.9 Å². The lowest BCUT2D eigenvalue weighted by molar-refractivity contribution is -0.119. The summed E-state index contributed by atoms with van der Waals surface area (Å²) in [5, 5.41) is 7.11. The van der Waals surface area contributed by atoms with Gasteiger partial charge in [-0.15, -0.1) is 11.3 Å². The first-order chi connectivity index (χ1) is 13.3. The van der Waals surface area contributed by atoms with E-state index in [0.29, 0.717) is 5.75 Å². The molecule has 1 aliphatic heterocycles. The van der Waals surface area contributed by atoms with Crippen molar-refractivity contribution in [1.82, 2.24) is 20.2 Å². The van der Waals surface area contributed by atoms with Crippen molar-refractivity contribution in [2.75, 3.05) is 18.8 Å². The molecule has 1 aliphatic rings. The molecule has 0 bridgehead atoms. The number of fused-ring (bicyclic) bond motifs is 1. The molecular formula is C20H22N4OS2. The third-order valence-electron chi connectivity index (χ3n) is 4.77. The van der Waals surface area contributed by atoms with Crippen LogP contribution in [0.4, 0.5) is 0 Å². The Kier molecular flexibility index (Phi) is 6.01. The van der Waals surface area contributed by atoms with Gasteiger partial charge in [0.05, 0.1) is 5.75 Å². The van der Waals surface area contributed by atoms with Crippen LogP contribution in [-0.2, 0) is 11.3 Å². The van der Waals surface area contributed by atoms with Crippen molar-refractivity contribution < 1.29 is 4.79 Å². The molecule has 7 heteroatoms. The zero-order valence-corrected chi connectivity index (χ0v) is 16.6. The number of hydrogen-bond acceptors (Lipinski definition) is 6. The number of benzene rings is 1. The number of piperidine rings is 1. The van der Waals surface area contributed by atoms with Gasteiger partial charge in [0.15, 0.2) is 0 Å². The van der Waals surface area contributed by atoms with Gasteiger partial charge in [-0.25, -0.2) is 9.97 Å². The number of thiophene rings is 1. The predicted molar refractivity (Wildman–Crippen MR) is 111 cm³/mol. The first kappa shape index (κ1) is 18.4.